The van der Waals surface area contributed by atoms with Crippen LogP contribution in [0.15, 0.2) is 42.5 Å². The molecule has 0 unspecified atom stereocenters. The predicted octanol–water partition coefficient (Wildman–Crippen LogP) is 2.79. The molecule has 2 rings (SSSR count). The first-order valence-corrected chi connectivity index (χ1v) is 5.05. The average molecular weight is 233 g/mol. The second kappa shape index (κ2) is 4.82. The van der Waals surface area contributed by atoms with Crippen molar-refractivity contribution in [3.8, 4) is 0 Å². The highest BCUT2D eigenvalue weighted by Crippen LogP contribution is 2.07. The highest BCUT2D eigenvalue weighted by atomic mass is 19.1. The van der Waals surface area contributed by atoms with Gasteiger partial charge in [-0.25, -0.2) is 9.37 Å². The summed E-state index contributed by atoms with van der Waals surface area (Å²) in [5.41, 5.74) is 0.747. The molecule has 0 aliphatic carbocycles. The number of Topliss-reactive ketones (excluding diaryl/α,β-unsaturated/α-hetero) is 1. The van der Waals surface area contributed by atoms with Gasteiger partial charge in [0, 0.05) is 5.56 Å². The van der Waals surface area contributed by atoms with Crippen molar-refractivity contribution in [1.29, 1.82) is 0 Å². The molecular weight excluding hydrogens is 224 g/mol. The van der Waals surface area contributed by atoms with E-state index in [2.05, 4.69) is 4.98 Å². The van der Waals surface area contributed by atoms with Crippen LogP contribution in [-0.4, -0.2) is 10.8 Å². The summed E-state index contributed by atoms with van der Waals surface area (Å²) in [6.45, 7) is 0. The van der Waals surface area contributed by atoms with Crippen molar-refractivity contribution in [3.63, 3.8) is 0 Å². The van der Waals surface area contributed by atoms with E-state index in [4.69, 9.17) is 0 Å². The maximum Gasteiger partial charge on any atom is 0.213 e. The van der Waals surface area contributed by atoms with Crippen molar-refractivity contribution in [3.05, 3.63) is 65.5 Å². The fourth-order valence-electron chi connectivity index (χ4n) is 1.45. The number of nitrogens with zero attached hydrogens (tertiary/aromatic N) is 1. The van der Waals surface area contributed by atoms with E-state index in [0.717, 1.165) is 0 Å². The Kier molecular flexibility index (Phi) is 3.23. The standard InChI is InChI=1S/C13H9F2NO/c14-10-6-4-9(5-7-10)12(17)8-11-2-1-3-13(15)16-11/h1-7H,8H2. The molecule has 1 aromatic carbocycles. The number of benzene rings is 1. The summed E-state index contributed by atoms with van der Waals surface area (Å²) in [6.07, 6.45) is 0.00337. The number of hydrogen-bond acceptors (Lipinski definition) is 2. The van der Waals surface area contributed by atoms with E-state index in [0.29, 0.717) is 11.3 Å². The van der Waals surface area contributed by atoms with Crippen molar-refractivity contribution >= 4 is 5.78 Å². The Bertz CT molecular complexity index is 537. The van der Waals surface area contributed by atoms with Crippen LogP contribution >= 0.6 is 0 Å². The largest absolute Gasteiger partial charge is 0.294 e. The number of hydrogen-bond donors (Lipinski definition) is 0. The van der Waals surface area contributed by atoms with Crippen molar-refractivity contribution in [2.45, 2.75) is 6.42 Å². The van der Waals surface area contributed by atoms with Crippen LogP contribution in [0.25, 0.3) is 0 Å². The van der Waals surface area contributed by atoms with E-state index in [-0.39, 0.29) is 12.2 Å². The third-order valence-electron chi connectivity index (χ3n) is 2.28. The van der Waals surface area contributed by atoms with Gasteiger partial charge in [-0.2, -0.15) is 4.39 Å². The zero-order valence-electron chi connectivity index (χ0n) is 8.86. The third-order valence-corrected chi connectivity index (χ3v) is 2.28. The first kappa shape index (κ1) is 11.4. The first-order valence-electron chi connectivity index (χ1n) is 5.05. The molecule has 0 amide bonds. The minimum atomic E-state index is -0.616. The average Bonchev–Trinajstić information content (AvgIpc) is 2.29. The van der Waals surface area contributed by atoms with Crippen LogP contribution in [0.1, 0.15) is 16.1 Å². The lowest BCUT2D eigenvalue weighted by molar-refractivity contribution is 0.0992. The van der Waals surface area contributed by atoms with Gasteiger partial charge in [0.1, 0.15) is 5.82 Å². The monoisotopic (exact) mass is 233 g/mol. The molecule has 17 heavy (non-hydrogen) atoms. The van der Waals surface area contributed by atoms with E-state index in [1.165, 1.54) is 36.4 Å². The zero-order valence-corrected chi connectivity index (χ0v) is 8.86. The van der Waals surface area contributed by atoms with Gasteiger partial charge < -0.3 is 0 Å². The van der Waals surface area contributed by atoms with Crippen molar-refractivity contribution in [2.24, 2.45) is 0 Å². The minimum Gasteiger partial charge on any atom is -0.294 e. The van der Waals surface area contributed by atoms with Gasteiger partial charge in [-0.05, 0) is 36.4 Å². The minimum absolute atomic E-state index is 0.00337. The third kappa shape index (κ3) is 2.93. The Hall–Kier alpha value is -2.10. The molecule has 0 atom stereocenters. The fourth-order valence-corrected chi connectivity index (χ4v) is 1.45. The van der Waals surface area contributed by atoms with Crippen LogP contribution in [0.4, 0.5) is 8.78 Å². The highest BCUT2D eigenvalue weighted by molar-refractivity contribution is 5.97. The van der Waals surface area contributed by atoms with Gasteiger partial charge in [0.25, 0.3) is 0 Å². The lowest BCUT2D eigenvalue weighted by Crippen LogP contribution is -2.05. The van der Waals surface area contributed by atoms with Gasteiger partial charge in [0.15, 0.2) is 5.78 Å². The van der Waals surface area contributed by atoms with Crippen LogP contribution < -0.4 is 0 Å². The number of carbonyl (C=O) groups is 1. The Morgan fingerprint density at radius 1 is 1.06 bits per heavy atom. The molecule has 86 valence electrons. The smallest absolute Gasteiger partial charge is 0.213 e. The number of halogens is 2. The number of carbonyl (C=O) groups excluding carboxylic acids is 1. The van der Waals surface area contributed by atoms with Gasteiger partial charge in [0.2, 0.25) is 5.95 Å². The van der Waals surface area contributed by atoms with E-state index < -0.39 is 11.8 Å². The summed E-state index contributed by atoms with van der Waals surface area (Å²) in [4.78, 5) is 15.3. The lowest BCUT2D eigenvalue weighted by atomic mass is 10.1. The fraction of sp³-hybridized carbons (Fsp3) is 0.0769. The van der Waals surface area contributed by atoms with Gasteiger partial charge in [-0.3, -0.25) is 4.79 Å². The normalized spacial score (nSPS) is 10.2. The molecule has 0 N–H and O–H groups in total. The SMILES string of the molecule is O=C(Cc1cccc(F)n1)c1ccc(F)cc1. The maximum atomic E-state index is 12.8. The van der Waals surface area contributed by atoms with E-state index in [9.17, 15) is 13.6 Å². The van der Waals surface area contributed by atoms with E-state index >= 15 is 0 Å². The Morgan fingerprint density at radius 2 is 1.76 bits per heavy atom. The number of rotatable bonds is 3. The second-order valence-corrected chi connectivity index (χ2v) is 3.56. The van der Waals surface area contributed by atoms with Crippen LogP contribution in [0.3, 0.4) is 0 Å². The van der Waals surface area contributed by atoms with Gasteiger partial charge in [-0.1, -0.05) is 6.07 Å². The second-order valence-electron chi connectivity index (χ2n) is 3.56. The van der Waals surface area contributed by atoms with Crippen molar-refractivity contribution in [1.82, 2.24) is 4.98 Å². The predicted molar refractivity (Wildman–Crippen MR) is 58.6 cm³/mol. The van der Waals surface area contributed by atoms with Crippen LogP contribution in [0.2, 0.25) is 0 Å². The summed E-state index contributed by atoms with van der Waals surface area (Å²) in [5.74, 6) is -1.23. The molecule has 0 spiro atoms. The summed E-state index contributed by atoms with van der Waals surface area (Å²) in [5, 5.41) is 0. The summed E-state index contributed by atoms with van der Waals surface area (Å²) in [6, 6.07) is 9.51. The van der Waals surface area contributed by atoms with Crippen LogP contribution in [0.5, 0.6) is 0 Å². The van der Waals surface area contributed by atoms with E-state index in [1.807, 2.05) is 0 Å². The number of pyridine rings is 1. The molecule has 0 saturated heterocycles. The molecule has 0 aliphatic rings. The molecule has 0 fully saturated rings. The number of ketones is 1. The van der Waals surface area contributed by atoms with Gasteiger partial charge in [0.05, 0.1) is 12.1 Å². The van der Waals surface area contributed by atoms with Crippen LogP contribution in [0, 0.1) is 11.8 Å². The molecule has 1 aromatic heterocycles. The summed E-state index contributed by atoms with van der Waals surface area (Å²) >= 11 is 0. The molecule has 2 nitrogen and oxygen atoms in total. The molecule has 4 heteroatoms. The summed E-state index contributed by atoms with van der Waals surface area (Å²) in [7, 11) is 0. The highest BCUT2D eigenvalue weighted by Gasteiger charge is 2.08. The van der Waals surface area contributed by atoms with Crippen molar-refractivity contribution < 1.29 is 13.6 Å². The Labute approximate surface area is 96.9 Å². The Balaban J connectivity index is 2.14. The lowest BCUT2D eigenvalue weighted by Gasteiger charge is -2.01. The van der Waals surface area contributed by atoms with E-state index in [1.54, 1.807) is 6.07 Å². The number of aromatic nitrogens is 1. The maximum absolute atomic E-state index is 12.8. The summed E-state index contributed by atoms with van der Waals surface area (Å²) < 4.78 is 25.5. The first-order chi connectivity index (χ1) is 8.15. The molecule has 0 aliphatic heterocycles. The molecular formula is C13H9F2NO. The van der Waals surface area contributed by atoms with Gasteiger partial charge in [-0.15, -0.1) is 0 Å². The Morgan fingerprint density at radius 3 is 2.41 bits per heavy atom. The van der Waals surface area contributed by atoms with Crippen LogP contribution in [-0.2, 0) is 6.42 Å². The molecule has 0 bridgehead atoms. The zero-order chi connectivity index (χ0) is 12.3. The molecule has 1 heterocycles. The topological polar surface area (TPSA) is 30.0 Å². The van der Waals surface area contributed by atoms with Crippen molar-refractivity contribution in [2.75, 3.05) is 0 Å². The molecule has 0 saturated carbocycles. The quantitative estimate of drug-likeness (QED) is 0.602. The van der Waals surface area contributed by atoms with Gasteiger partial charge >= 0.3 is 0 Å². The molecule has 0 radical (unpaired) electrons. The molecule has 2 aromatic rings.